The Morgan fingerprint density at radius 1 is 0.204 bits per heavy atom. The molecule has 0 bridgehead atoms. The molecule has 0 radical (unpaired) electrons. The lowest BCUT2D eigenvalue weighted by molar-refractivity contribution is 1.07. The zero-order valence-corrected chi connectivity index (χ0v) is 54.7. The highest BCUT2D eigenvalue weighted by atomic mass is 32.2. The molecule has 1 aliphatic heterocycles. The molecule has 3 aromatic heterocycles. The molecular formula is C90H58N6S2. The first-order chi connectivity index (χ1) is 48.5. The van der Waals surface area contributed by atoms with E-state index in [9.17, 15) is 0 Å². The standard InChI is InChI=1S/C90H58N6S2/c1-6-19-58(20-7-1)60-35-39-62(40-36-60)70-49-53-79-77(56-70)83-76(31-17-33-80(83)97-79)72-29-16-30-73(55-72)90-95-87(67-27-14-5-15-28-67)94-89(96-90)69-47-51-74(52-48-69)98-81-54-50-71(63-41-37-61(38-42-63)59-21-8-2-9-22-59)57-78(81)84-75(32-18-34-82(84)98)64-43-45-68(46-44-64)88-92-85(65-23-10-3-11-24-65)91-86(93-88)66-25-12-4-13-26-66/h1-57,98H. The van der Waals surface area contributed by atoms with Gasteiger partial charge in [-0.3, -0.25) is 0 Å². The molecule has 0 fully saturated rings. The maximum atomic E-state index is 5.35. The fourth-order valence-corrected chi connectivity index (χ4v) is 17.4. The molecule has 0 spiro atoms. The summed E-state index contributed by atoms with van der Waals surface area (Å²) < 4.78 is 2.50. The Hall–Kier alpha value is -12.3. The summed E-state index contributed by atoms with van der Waals surface area (Å²) in [6.07, 6.45) is 0. The van der Waals surface area contributed by atoms with E-state index in [4.69, 9.17) is 29.9 Å². The van der Waals surface area contributed by atoms with Crippen molar-refractivity contribution < 1.29 is 0 Å². The highest BCUT2D eigenvalue weighted by Crippen LogP contribution is 2.65. The van der Waals surface area contributed by atoms with Gasteiger partial charge in [0.15, 0.2) is 34.9 Å². The van der Waals surface area contributed by atoms with Crippen LogP contribution in [0, 0.1) is 0 Å². The van der Waals surface area contributed by atoms with E-state index in [-0.39, 0.29) is 0 Å². The number of hydrogen-bond acceptors (Lipinski definition) is 7. The van der Waals surface area contributed by atoms with Crippen molar-refractivity contribution in [1.29, 1.82) is 0 Å². The molecule has 98 heavy (non-hydrogen) atoms. The summed E-state index contributed by atoms with van der Waals surface area (Å²) in [5, 5.41) is 2.49. The Labute approximate surface area is 575 Å². The summed E-state index contributed by atoms with van der Waals surface area (Å²) in [7, 11) is -1.00. The molecule has 1 unspecified atom stereocenters. The van der Waals surface area contributed by atoms with Gasteiger partial charge in [0.05, 0.1) is 0 Å². The summed E-state index contributed by atoms with van der Waals surface area (Å²) in [5.74, 6) is 3.73. The van der Waals surface area contributed by atoms with Crippen LogP contribution in [0.3, 0.4) is 0 Å². The van der Waals surface area contributed by atoms with Crippen LogP contribution in [0.2, 0.25) is 0 Å². The van der Waals surface area contributed by atoms with Crippen LogP contribution in [-0.2, 0) is 0 Å². The summed E-state index contributed by atoms with van der Waals surface area (Å²) in [4.78, 5) is 34.8. The van der Waals surface area contributed by atoms with Crippen molar-refractivity contribution in [3.8, 4) is 146 Å². The minimum atomic E-state index is -1.00. The normalized spacial score (nSPS) is 12.8. The van der Waals surface area contributed by atoms with Crippen molar-refractivity contribution in [3.05, 3.63) is 346 Å². The van der Waals surface area contributed by atoms with E-state index in [2.05, 4.69) is 267 Å². The zero-order valence-electron chi connectivity index (χ0n) is 52.9. The highest BCUT2D eigenvalue weighted by Gasteiger charge is 2.31. The number of aromatic nitrogens is 6. The van der Waals surface area contributed by atoms with Gasteiger partial charge in [0.2, 0.25) is 0 Å². The van der Waals surface area contributed by atoms with Crippen LogP contribution in [-0.4, -0.2) is 29.9 Å². The van der Waals surface area contributed by atoms with E-state index in [1.165, 1.54) is 102 Å². The van der Waals surface area contributed by atoms with Gasteiger partial charge in [-0.2, -0.15) is 10.9 Å². The average molecular weight is 1290 g/mol. The van der Waals surface area contributed by atoms with Crippen molar-refractivity contribution in [1.82, 2.24) is 29.9 Å². The SMILES string of the molecule is c1ccc(-c2ccc(-c3ccc4c(c3)-c3c(-c5ccc(-c6nc(-c7ccccc7)nc(-c7ccccc7)n6)cc5)cccc3[SH]4c3ccc(-c4nc(-c5ccccc5)nc(-c5cccc(-c6cccc7sc8ccc(-c9ccc(-c%10ccccc%10)cc9)cc8c67)c5)n4)cc3)cc2)cc1. The minimum Gasteiger partial charge on any atom is -0.208 e. The van der Waals surface area contributed by atoms with Gasteiger partial charge in [0, 0.05) is 68.9 Å². The van der Waals surface area contributed by atoms with Gasteiger partial charge in [0.25, 0.3) is 0 Å². The van der Waals surface area contributed by atoms with E-state index >= 15 is 0 Å². The van der Waals surface area contributed by atoms with Crippen LogP contribution in [0.25, 0.3) is 166 Å². The highest BCUT2D eigenvalue weighted by molar-refractivity contribution is 8.17. The molecule has 0 N–H and O–H groups in total. The van der Waals surface area contributed by atoms with Crippen molar-refractivity contribution in [3.63, 3.8) is 0 Å². The average Bonchev–Trinajstić information content (AvgIpc) is 1.58. The molecular weight excluding hydrogens is 1230 g/mol. The van der Waals surface area contributed by atoms with Crippen LogP contribution in [0.15, 0.2) is 360 Å². The maximum Gasteiger partial charge on any atom is 0.164 e. The zero-order chi connectivity index (χ0) is 64.9. The van der Waals surface area contributed by atoms with Crippen LogP contribution >= 0.6 is 22.2 Å². The second kappa shape index (κ2) is 25.1. The molecule has 17 aromatic rings. The number of thiol groups is 1. The number of thiophene rings is 1. The first kappa shape index (κ1) is 58.3. The first-order valence-corrected chi connectivity index (χ1v) is 35.0. The van der Waals surface area contributed by atoms with Crippen LogP contribution in [0.4, 0.5) is 0 Å². The third kappa shape index (κ3) is 11.0. The van der Waals surface area contributed by atoms with Gasteiger partial charge < -0.3 is 0 Å². The minimum absolute atomic E-state index is 0.611. The molecule has 0 amide bonds. The lowest BCUT2D eigenvalue weighted by Gasteiger charge is -2.20. The molecule has 6 nitrogen and oxygen atoms in total. The van der Waals surface area contributed by atoms with Crippen LogP contribution in [0.5, 0.6) is 0 Å². The number of nitrogens with zero attached hydrogens (tertiary/aromatic N) is 6. The second-order valence-electron chi connectivity index (χ2n) is 24.6. The lowest BCUT2D eigenvalue weighted by atomic mass is 9.92. The van der Waals surface area contributed by atoms with Gasteiger partial charge in [-0.05, 0) is 132 Å². The molecule has 8 heteroatoms. The molecule has 460 valence electrons. The molecule has 14 aromatic carbocycles. The van der Waals surface area contributed by atoms with E-state index in [0.717, 1.165) is 44.5 Å². The lowest BCUT2D eigenvalue weighted by Crippen LogP contribution is -2.00. The molecule has 0 saturated carbocycles. The van der Waals surface area contributed by atoms with Gasteiger partial charge in [0.1, 0.15) is 0 Å². The van der Waals surface area contributed by atoms with Gasteiger partial charge in [-0.1, -0.05) is 291 Å². The Bertz CT molecular complexity index is 5750. The topological polar surface area (TPSA) is 77.3 Å². The molecule has 18 rings (SSSR count). The molecule has 4 heterocycles. The fraction of sp³-hybridized carbons (Fsp3) is 0. The summed E-state index contributed by atoms with van der Waals surface area (Å²) in [6, 6.07) is 123. The van der Waals surface area contributed by atoms with Crippen LogP contribution < -0.4 is 0 Å². The van der Waals surface area contributed by atoms with Crippen molar-refractivity contribution in [2.45, 2.75) is 14.7 Å². The predicted molar refractivity (Wildman–Crippen MR) is 407 cm³/mol. The van der Waals surface area contributed by atoms with Crippen molar-refractivity contribution >= 4 is 42.4 Å². The van der Waals surface area contributed by atoms with Crippen LogP contribution in [0.1, 0.15) is 0 Å². The summed E-state index contributed by atoms with van der Waals surface area (Å²) >= 11 is 1.84. The second-order valence-corrected chi connectivity index (χ2v) is 27.8. The molecule has 0 saturated heterocycles. The Kier molecular flexibility index (Phi) is 14.9. The number of fused-ring (bicyclic) bond motifs is 6. The van der Waals surface area contributed by atoms with Crippen molar-refractivity contribution in [2.24, 2.45) is 0 Å². The van der Waals surface area contributed by atoms with E-state index < -0.39 is 10.9 Å². The number of rotatable bonds is 13. The predicted octanol–water partition coefficient (Wildman–Crippen LogP) is 23.9. The maximum absolute atomic E-state index is 5.35. The monoisotopic (exact) mass is 1290 g/mol. The molecule has 0 aliphatic carbocycles. The van der Waals surface area contributed by atoms with E-state index in [1.54, 1.807) is 0 Å². The van der Waals surface area contributed by atoms with Crippen molar-refractivity contribution in [2.75, 3.05) is 0 Å². The number of hydrogen-bond donors (Lipinski definition) is 1. The number of benzene rings is 14. The third-order valence-corrected chi connectivity index (χ3v) is 22.2. The summed E-state index contributed by atoms with van der Waals surface area (Å²) in [6.45, 7) is 0. The first-order valence-electron chi connectivity index (χ1n) is 32.9. The Balaban J connectivity index is 0.706. The van der Waals surface area contributed by atoms with E-state index in [0.29, 0.717) is 34.9 Å². The smallest absolute Gasteiger partial charge is 0.164 e. The molecule has 1 atom stereocenters. The Morgan fingerprint density at radius 3 is 1.08 bits per heavy atom. The van der Waals surface area contributed by atoms with E-state index in [1.807, 2.05) is 90.2 Å². The fourth-order valence-electron chi connectivity index (χ4n) is 13.7. The van der Waals surface area contributed by atoms with Gasteiger partial charge in [-0.15, -0.1) is 11.3 Å². The largest absolute Gasteiger partial charge is 0.208 e. The summed E-state index contributed by atoms with van der Waals surface area (Å²) in [5.41, 5.74) is 22.1. The molecule has 1 aliphatic rings. The third-order valence-electron chi connectivity index (χ3n) is 18.6. The van der Waals surface area contributed by atoms with Gasteiger partial charge >= 0.3 is 0 Å². The Morgan fingerprint density at radius 2 is 0.561 bits per heavy atom. The quantitative estimate of drug-likeness (QED) is 0.116. The van der Waals surface area contributed by atoms with Gasteiger partial charge in [-0.25, -0.2) is 29.9 Å².